The molecule has 1 heterocycles. The number of halogens is 1. The Morgan fingerprint density at radius 2 is 2.07 bits per heavy atom. The van der Waals surface area contributed by atoms with Gasteiger partial charge in [-0.25, -0.2) is 0 Å². The molecule has 0 bridgehead atoms. The first-order valence-corrected chi connectivity index (χ1v) is 6.00. The number of aryl methyl sites for hydroxylation is 1. The van der Waals surface area contributed by atoms with E-state index in [-0.39, 0.29) is 0 Å². The first-order valence-electron chi connectivity index (χ1n) is 4.74. The van der Waals surface area contributed by atoms with E-state index in [1.165, 1.54) is 10.4 Å². The molecule has 0 unspecified atom stereocenters. The highest BCUT2D eigenvalue weighted by molar-refractivity contribution is 7.10. The molecule has 0 saturated carbocycles. The molecule has 2 rings (SSSR count). The number of benzene rings is 1. The molecule has 0 aliphatic heterocycles. The van der Waals surface area contributed by atoms with Crippen LogP contribution < -0.4 is 5.73 Å². The Labute approximate surface area is 98.5 Å². The Hall–Kier alpha value is -0.830. The van der Waals surface area contributed by atoms with Crippen LogP contribution in [0.4, 0.5) is 0 Å². The van der Waals surface area contributed by atoms with Crippen molar-refractivity contribution in [3.63, 3.8) is 0 Å². The van der Waals surface area contributed by atoms with Crippen molar-refractivity contribution in [3.8, 4) is 11.1 Å². The van der Waals surface area contributed by atoms with Crippen molar-refractivity contribution in [2.75, 3.05) is 0 Å². The molecule has 0 aliphatic carbocycles. The standard InChI is InChI=1S/C12H12ClNS/c1-8-4-11(7-15-8)9-2-3-10(6-14)12(13)5-9/h2-5,7H,6,14H2,1H3. The van der Waals surface area contributed by atoms with Gasteiger partial charge in [-0.1, -0.05) is 23.7 Å². The summed E-state index contributed by atoms with van der Waals surface area (Å²) in [5, 5.41) is 2.89. The van der Waals surface area contributed by atoms with Crippen LogP contribution in [0.5, 0.6) is 0 Å². The average molecular weight is 238 g/mol. The van der Waals surface area contributed by atoms with E-state index >= 15 is 0 Å². The van der Waals surface area contributed by atoms with Gasteiger partial charge in [-0.3, -0.25) is 0 Å². The van der Waals surface area contributed by atoms with Gasteiger partial charge in [0.2, 0.25) is 0 Å². The zero-order valence-corrected chi connectivity index (χ0v) is 10.0. The summed E-state index contributed by atoms with van der Waals surface area (Å²) in [6.45, 7) is 2.59. The Morgan fingerprint density at radius 1 is 1.27 bits per heavy atom. The summed E-state index contributed by atoms with van der Waals surface area (Å²) in [6, 6.07) is 8.20. The van der Waals surface area contributed by atoms with Gasteiger partial charge in [0.1, 0.15) is 0 Å². The second-order valence-corrected chi connectivity index (χ2v) is 4.98. The number of thiophene rings is 1. The van der Waals surface area contributed by atoms with Gasteiger partial charge in [0.15, 0.2) is 0 Å². The minimum absolute atomic E-state index is 0.488. The smallest absolute Gasteiger partial charge is 0.0457 e. The number of hydrogen-bond donors (Lipinski definition) is 1. The minimum atomic E-state index is 0.488. The molecule has 0 atom stereocenters. The predicted molar refractivity (Wildman–Crippen MR) is 67.4 cm³/mol. The third-order valence-corrected chi connectivity index (χ3v) is 3.55. The van der Waals surface area contributed by atoms with Crippen molar-refractivity contribution < 1.29 is 0 Å². The summed E-state index contributed by atoms with van der Waals surface area (Å²) in [4.78, 5) is 1.31. The van der Waals surface area contributed by atoms with E-state index in [1.54, 1.807) is 11.3 Å². The second-order valence-electron chi connectivity index (χ2n) is 3.46. The number of hydrogen-bond acceptors (Lipinski definition) is 2. The maximum absolute atomic E-state index is 6.11. The molecule has 0 saturated heterocycles. The third-order valence-electron chi connectivity index (χ3n) is 2.34. The summed E-state index contributed by atoms with van der Waals surface area (Å²) < 4.78 is 0. The van der Waals surface area contributed by atoms with E-state index in [4.69, 9.17) is 17.3 Å². The molecule has 0 radical (unpaired) electrons. The molecule has 0 fully saturated rings. The lowest BCUT2D eigenvalue weighted by Crippen LogP contribution is -1.96. The molecule has 78 valence electrons. The summed E-state index contributed by atoms with van der Waals surface area (Å²) in [5.41, 5.74) is 8.93. The molecule has 2 aromatic rings. The fourth-order valence-electron chi connectivity index (χ4n) is 1.49. The molecular weight excluding hydrogens is 226 g/mol. The fourth-order valence-corrected chi connectivity index (χ4v) is 2.46. The molecule has 2 N–H and O–H groups in total. The van der Waals surface area contributed by atoms with E-state index in [0.717, 1.165) is 16.1 Å². The number of nitrogens with two attached hydrogens (primary N) is 1. The van der Waals surface area contributed by atoms with Gasteiger partial charge in [0.05, 0.1) is 0 Å². The molecule has 1 aromatic heterocycles. The van der Waals surface area contributed by atoms with Gasteiger partial charge >= 0.3 is 0 Å². The van der Waals surface area contributed by atoms with E-state index in [9.17, 15) is 0 Å². The first kappa shape index (κ1) is 10.7. The molecule has 3 heteroatoms. The van der Waals surface area contributed by atoms with Crippen LogP contribution in [0.25, 0.3) is 11.1 Å². The Bertz CT molecular complexity index is 476. The van der Waals surface area contributed by atoms with Crippen LogP contribution >= 0.6 is 22.9 Å². The lowest BCUT2D eigenvalue weighted by Gasteiger charge is -2.03. The largest absolute Gasteiger partial charge is 0.326 e. The van der Waals surface area contributed by atoms with E-state index in [0.29, 0.717) is 6.54 Å². The summed E-state index contributed by atoms with van der Waals surface area (Å²) >= 11 is 7.86. The average Bonchev–Trinajstić information content (AvgIpc) is 2.65. The van der Waals surface area contributed by atoms with Crippen molar-refractivity contribution in [1.82, 2.24) is 0 Å². The topological polar surface area (TPSA) is 26.0 Å². The third kappa shape index (κ3) is 2.23. The molecule has 1 aromatic carbocycles. The molecular formula is C12H12ClNS. The predicted octanol–water partition coefficient (Wildman–Crippen LogP) is 3.84. The van der Waals surface area contributed by atoms with Crippen LogP contribution in [0.1, 0.15) is 10.4 Å². The van der Waals surface area contributed by atoms with Gasteiger partial charge in [0.25, 0.3) is 0 Å². The zero-order valence-electron chi connectivity index (χ0n) is 8.46. The summed E-state index contributed by atoms with van der Waals surface area (Å²) in [6.07, 6.45) is 0. The van der Waals surface area contributed by atoms with Gasteiger partial charge in [0, 0.05) is 16.4 Å². The molecule has 1 nitrogen and oxygen atoms in total. The molecule has 0 spiro atoms. The fraction of sp³-hybridized carbons (Fsp3) is 0.167. The maximum Gasteiger partial charge on any atom is 0.0457 e. The highest BCUT2D eigenvalue weighted by atomic mass is 35.5. The Balaban J connectivity index is 2.42. The van der Waals surface area contributed by atoms with Crippen molar-refractivity contribution in [2.24, 2.45) is 5.73 Å². The van der Waals surface area contributed by atoms with Crippen molar-refractivity contribution in [1.29, 1.82) is 0 Å². The van der Waals surface area contributed by atoms with Crippen LogP contribution in [0.2, 0.25) is 5.02 Å². The van der Waals surface area contributed by atoms with Crippen LogP contribution in [0.3, 0.4) is 0 Å². The lowest BCUT2D eigenvalue weighted by atomic mass is 10.1. The Kier molecular flexibility index (Phi) is 3.10. The summed E-state index contributed by atoms with van der Waals surface area (Å²) in [5.74, 6) is 0. The van der Waals surface area contributed by atoms with Crippen LogP contribution in [0, 0.1) is 6.92 Å². The summed E-state index contributed by atoms with van der Waals surface area (Å²) in [7, 11) is 0. The molecule has 0 amide bonds. The lowest BCUT2D eigenvalue weighted by molar-refractivity contribution is 1.07. The zero-order chi connectivity index (χ0) is 10.8. The van der Waals surface area contributed by atoms with Gasteiger partial charge in [-0.15, -0.1) is 11.3 Å². The highest BCUT2D eigenvalue weighted by Gasteiger charge is 2.03. The van der Waals surface area contributed by atoms with Gasteiger partial charge in [-0.2, -0.15) is 0 Å². The first-order chi connectivity index (χ1) is 7.20. The van der Waals surface area contributed by atoms with E-state index < -0.39 is 0 Å². The quantitative estimate of drug-likeness (QED) is 0.844. The van der Waals surface area contributed by atoms with Crippen molar-refractivity contribution in [2.45, 2.75) is 13.5 Å². The number of rotatable bonds is 2. The van der Waals surface area contributed by atoms with Gasteiger partial charge < -0.3 is 5.73 Å². The monoisotopic (exact) mass is 237 g/mol. The molecule has 0 aliphatic rings. The van der Waals surface area contributed by atoms with Crippen LogP contribution in [-0.4, -0.2) is 0 Å². The highest BCUT2D eigenvalue weighted by Crippen LogP contribution is 2.28. The SMILES string of the molecule is Cc1cc(-c2ccc(CN)c(Cl)c2)cs1. The molecule has 15 heavy (non-hydrogen) atoms. The maximum atomic E-state index is 6.11. The van der Waals surface area contributed by atoms with Crippen molar-refractivity contribution >= 4 is 22.9 Å². The van der Waals surface area contributed by atoms with Crippen molar-refractivity contribution in [3.05, 3.63) is 45.1 Å². The van der Waals surface area contributed by atoms with Crippen LogP contribution in [-0.2, 0) is 6.54 Å². The minimum Gasteiger partial charge on any atom is -0.326 e. The normalized spacial score (nSPS) is 10.6. The van der Waals surface area contributed by atoms with Gasteiger partial charge in [-0.05, 0) is 41.1 Å². The van der Waals surface area contributed by atoms with Crippen LogP contribution in [0.15, 0.2) is 29.6 Å². The Morgan fingerprint density at radius 3 is 2.60 bits per heavy atom. The van der Waals surface area contributed by atoms with E-state index in [2.05, 4.69) is 24.4 Å². The second kappa shape index (κ2) is 4.35. The van der Waals surface area contributed by atoms with E-state index in [1.807, 2.05) is 12.1 Å².